The molecule has 4 heteroatoms. The summed E-state index contributed by atoms with van der Waals surface area (Å²) in [4.78, 5) is 13.3. The molecule has 1 aliphatic rings. The van der Waals surface area contributed by atoms with E-state index < -0.39 is 0 Å². The zero-order valence-corrected chi connectivity index (χ0v) is 9.53. The quantitative estimate of drug-likeness (QED) is 0.722. The Morgan fingerprint density at radius 3 is 2.56 bits per heavy atom. The van der Waals surface area contributed by atoms with E-state index in [4.69, 9.17) is 9.47 Å². The molecule has 2 rings (SSSR count). The van der Waals surface area contributed by atoms with Gasteiger partial charge in [0.15, 0.2) is 11.5 Å². The number of fused-ring (bicyclic) bond motifs is 1. The third-order valence-corrected chi connectivity index (χ3v) is 2.40. The van der Waals surface area contributed by atoms with E-state index in [2.05, 4.69) is 0 Å². The highest BCUT2D eigenvalue weighted by Crippen LogP contribution is 2.30. The van der Waals surface area contributed by atoms with Crippen LogP contribution >= 0.6 is 0 Å². The van der Waals surface area contributed by atoms with Gasteiger partial charge in [0.25, 0.3) is 5.91 Å². The van der Waals surface area contributed by atoms with Gasteiger partial charge in [-0.2, -0.15) is 0 Å². The summed E-state index contributed by atoms with van der Waals surface area (Å²) in [5.41, 5.74) is 0.620. The van der Waals surface area contributed by atoms with Crippen LogP contribution in [0.1, 0.15) is 16.8 Å². The fraction of sp³-hybridized carbons (Fsp3) is 0.417. The second-order valence-electron chi connectivity index (χ2n) is 3.91. The second-order valence-corrected chi connectivity index (χ2v) is 3.91. The Hall–Kier alpha value is -1.71. The molecule has 1 aromatic carbocycles. The first-order valence-electron chi connectivity index (χ1n) is 5.30. The fourth-order valence-corrected chi connectivity index (χ4v) is 1.55. The third kappa shape index (κ3) is 2.10. The van der Waals surface area contributed by atoms with E-state index >= 15 is 0 Å². The monoisotopic (exact) mass is 221 g/mol. The summed E-state index contributed by atoms with van der Waals surface area (Å²) in [5.74, 6) is 1.34. The molecule has 1 amide bonds. The predicted octanol–water partition coefficient (Wildman–Crippen LogP) is 1.55. The summed E-state index contributed by atoms with van der Waals surface area (Å²) >= 11 is 0. The van der Waals surface area contributed by atoms with Crippen molar-refractivity contribution < 1.29 is 14.3 Å². The molecule has 4 nitrogen and oxygen atoms in total. The summed E-state index contributed by atoms with van der Waals surface area (Å²) in [7, 11) is 3.46. The first-order chi connectivity index (χ1) is 7.68. The molecule has 0 saturated heterocycles. The normalized spacial score (nSPS) is 14.1. The van der Waals surface area contributed by atoms with E-state index in [1.165, 1.54) is 0 Å². The molecule has 1 heterocycles. The molecule has 1 aromatic rings. The van der Waals surface area contributed by atoms with Crippen LogP contribution in [0, 0.1) is 0 Å². The minimum atomic E-state index is -0.0318. The van der Waals surface area contributed by atoms with Crippen molar-refractivity contribution in [2.75, 3.05) is 27.3 Å². The first-order valence-corrected chi connectivity index (χ1v) is 5.30. The van der Waals surface area contributed by atoms with Crippen molar-refractivity contribution in [1.82, 2.24) is 4.90 Å². The van der Waals surface area contributed by atoms with Crippen molar-refractivity contribution in [2.45, 2.75) is 6.42 Å². The van der Waals surface area contributed by atoms with E-state index in [1.54, 1.807) is 37.2 Å². The lowest BCUT2D eigenvalue weighted by atomic mass is 10.2. The van der Waals surface area contributed by atoms with E-state index in [9.17, 15) is 4.79 Å². The zero-order chi connectivity index (χ0) is 11.5. The molecule has 1 aliphatic heterocycles. The Morgan fingerprint density at radius 1 is 1.19 bits per heavy atom. The van der Waals surface area contributed by atoms with Gasteiger partial charge in [0.1, 0.15) is 0 Å². The van der Waals surface area contributed by atoms with Gasteiger partial charge in [-0.15, -0.1) is 0 Å². The average Bonchev–Trinajstić information content (AvgIpc) is 2.51. The Morgan fingerprint density at radius 2 is 1.88 bits per heavy atom. The van der Waals surface area contributed by atoms with Gasteiger partial charge in [0.05, 0.1) is 13.2 Å². The van der Waals surface area contributed by atoms with Gasteiger partial charge in [-0.1, -0.05) is 0 Å². The van der Waals surface area contributed by atoms with E-state index in [0.29, 0.717) is 30.3 Å². The number of carbonyl (C=O) groups excluding carboxylic acids is 1. The molecule has 0 radical (unpaired) electrons. The van der Waals surface area contributed by atoms with Gasteiger partial charge in [0.2, 0.25) is 0 Å². The minimum absolute atomic E-state index is 0.0318. The number of benzene rings is 1. The van der Waals surface area contributed by atoms with Crippen molar-refractivity contribution in [1.29, 1.82) is 0 Å². The number of amides is 1. The summed E-state index contributed by atoms with van der Waals surface area (Å²) < 4.78 is 11.0. The summed E-state index contributed by atoms with van der Waals surface area (Å²) in [6.45, 7) is 1.29. The van der Waals surface area contributed by atoms with Crippen LogP contribution in [-0.4, -0.2) is 38.1 Å². The van der Waals surface area contributed by atoms with Gasteiger partial charge < -0.3 is 14.4 Å². The van der Waals surface area contributed by atoms with Crippen LogP contribution in [0.15, 0.2) is 18.2 Å². The molecule has 0 fully saturated rings. The van der Waals surface area contributed by atoms with Crippen LogP contribution in [0.25, 0.3) is 0 Å². The Balaban J connectivity index is 2.30. The highest BCUT2D eigenvalue weighted by Gasteiger charge is 2.14. The molecule has 0 atom stereocenters. The van der Waals surface area contributed by atoms with Crippen molar-refractivity contribution in [3.63, 3.8) is 0 Å². The Labute approximate surface area is 94.8 Å². The SMILES string of the molecule is CN(C)C(=O)c1ccc2c(c1)OCCCO2. The molecule has 0 saturated carbocycles. The number of nitrogens with zero attached hydrogens (tertiary/aromatic N) is 1. The topological polar surface area (TPSA) is 38.8 Å². The highest BCUT2D eigenvalue weighted by molar-refractivity contribution is 5.94. The number of hydrogen-bond donors (Lipinski definition) is 0. The zero-order valence-electron chi connectivity index (χ0n) is 9.53. The molecule has 0 spiro atoms. The van der Waals surface area contributed by atoms with Crippen LogP contribution in [0.3, 0.4) is 0 Å². The van der Waals surface area contributed by atoms with Gasteiger partial charge in [-0.25, -0.2) is 0 Å². The third-order valence-electron chi connectivity index (χ3n) is 2.40. The molecule has 16 heavy (non-hydrogen) atoms. The maximum absolute atomic E-state index is 11.7. The van der Waals surface area contributed by atoms with Crippen molar-refractivity contribution in [2.24, 2.45) is 0 Å². The molecule has 0 aromatic heterocycles. The van der Waals surface area contributed by atoms with Crippen LogP contribution in [-0.2, 0) is 0 Å². The maximum atomic E-state index is 11.7. The predicted molar refractivity (Wildman–Crippen MR) is 60.1 cm³/mol. The second kappa shape index (κ2) is 4.43. The number of ether oxygens (including phenoxy) is 2. The lowest BCUT2D eigenvalue weighted by Crippen LogP contribution is -2.21. The number of rotatable bonds is 1. The average molecular weight is 221 g/mol. The van der Waals surface area contributed by atoms with E-state index in [1.807, 2.05) is 0 Å². The van der Waals surface area contributed by atoms with Crippen LogP contribution in [0.5, 0.6) is 11.5 Å². The number of hydrogen-bond acceptors (Lipinski definition) is 3. The van der Waals surface area contributed by atoms with Gasteiger partial charge in [-0.05, 0) is 18.2 Å². The molecule has 0 bridgehead atoms. The Kier molecular flexibility index (Phi) is 2.99. The maximum Gasteiger partial charge on any atom is 0.253 e. The summed E-state index contributed by atoms with van der Waals surface area (Å²) in [6.07, 6.45) is 0.867. The molecule has 0 unspecified atom stereocenters. The van der Waals surface area contributed by atoms with Gasteiger partial charge in [-0.3, -0.25) is 4.79 Å². The standard InChI is InChI=1S/C12H15NO3/c1-13(2)12(14)9-4-5-10-11(8-9)16-7-3-6-15-10/h4-5,8H,3,6-7H2,1-2H3. The van der Waals surface area contributed by atoms with Gasteiger partial charge >= 0.3 is 0 Å². The first kappa shape index (κ1) is 10.8. The highest BCUT2D eigenvalue weighted by atomic mass is 16.5. The summed E-state index contributed by atoms with van der Waals surface area (Å²) in [6, 6.07) is 5.29. The molecule has 0 aliphatic carbocycles. The number of carbonyl (C=O) groups is 1. The van der Waals surface area contributed by atoms with Crippen molar-refractivity contribution >= 4 is 5.91 Å². The minimum Gasteiger partial charge on any atom is -0.490 e. The smallest absolute Gasteiger partial charge is 0.253 e. The van der Waals surface area contributed by atoms with Crippen LogP contribution < -0.4 is 9.47 Å². The van der Waals surface area contributed by atoms with E-state index in [0.717, 1.165) is 6.42 Å². The molecular weight excluding hydrogens is 206 g/mol. The van der Waals surface area contributed by atoms with Crippen molar-refractivity contribution in [3.8, 4) is 11.5 Å². The molecule has 86 valence electrons. The lowest BCUT2D eigenvalue weighted by Gasteiger charge is -2.12. The molecular formula is C12H15NO3. The van der Waals surface area contributed by atoms with E-state index in [-0.39, 0.29) is 5.91 Å². The van der Waals surface area contributed by atoms with Crippen molar-refractivity contribution in [3.05, 3.63) is 23.8 Å². The van der Waals surface area contributed by atoms with Crippen LogP contribution in [0.2, 0.25) is 0 Å². The van der Waals surface area contributed by atoms with Gasteiger partial charge in [0, 0.05) is 26.1 Å². The molecule has 0 N–H and O–H groups in total. The summed E-state index contributed by atoms with van der Waals surface area (Å²) in [5, 5.41) is 0. The van der Waals surface area contributed by atoms with Crippen LogP contribution in [0.4, 0.5) is 0 Å². The Bertz CT molecular complexity index is 401. The lowest BCUT2D eigenvalue weighted by molar-refractivity contribution is 0.0827. The largest absolute Gasteiger partial charge is 0.490 e. The fourth-order valence-electron chi connectivity index (χ4n) is 1.55.